The van der Waals surface area contributed by atoms with Gasteiger partial charge in [-0.05, 0) is 45.5 Å². The number of hydrogen-bond donors (Lipinski definition) is 0. The summed E-state index contributed by atoms with van der Waals surface area (Å²) in [7, 11) is 4.10. The van der Waals surface area contributed by atoms with E-state index in [9.17, 15) is 4.79 Å². The van der Waals surface area contributed by atoms with Crippen molar-refractivity contribution < 1.29 is 14.3 Å². The largest absolute Gasteiger partial charge is 0.379 e. The maximum Gasteiger partial charge on any atom is 0.253 e. The van der Waals surface area contributed by atoms with Crippen LogP contribution >= 0.6 is 0 Å². The lowest BCUT2D eigenvalue weighted by Gasteiger charge is -2.50. The molecule has 138 valence electrons. The van der Waals surface area contributed by atoms with Crippen LogP contribution in [0.5, 0.6) is 0 Å². The molecule has 0 spiro atoms. The Hall–Kier alpha value is -1.43. The molecule has 0 N–H and O–H groups in total. The van der Waals surface area contributed by atoms with Crippen LogP contribution in [-0.4, -0.2) is 75.4 Å². The smallest absolute Gasteiger partial charge is 0.253 e. The van der Waals surface area contributed by atoms with Crippen molar-refractivity contribution in [3.8, 4) is 0 Å². The Kier molecular flexibility index (Phi) is 6.10. The zero-order chi connectivity index (χ0) is 17.7. The molecule has 5 nitrogen and oxygen atoms in total. The number of likely N-dealkylation sites (tertiary alicyclic amines) is 1. The van der Waals surface area contributed by atoms with Crippen LogP contribution in [0.1, 0.15) is 29.6 Å². The lowest BCUT2D eigenvalue weighted by atomic mass is 9.73. The third-order valence-corrected chi connectivity index (χ3v) is 5.37. The molecule has 5 heteroatoms. The van der Waals surface area contributed by atoms with Crippen LogP contribution in [0.4, 0.5) is 0 Å². The Morgan fingerprint density at radius 2 is 2.16 bits per heavy atom. The van der Waals surface area contributed by atoms with Crippen molar-refractivity contribution in [1.29, 1.82) is 0 Å². The molecule has 0 aliphatic carbocycles. The van der Waals surface area contributed by atoms with E-state index in [1.165, 1.54) is 0 Å². The van der Waals surface area contributed by atoms with Gasteiger partial charge in [-0.25, -0.2) is 0 Å². The van der Waals surface area contributed by atoms with E-state index in [0.717, 1.165) is 51.1 Å². The van der Waals surface area contributed by atoms with Crippen LogP contribution in [0, 0.1) is 5.41 Å². The summed E-state index contributed by atoms with van der Waals surface area (Å²) in [6.07, 6.45) is 3.22. The Balaban J connectivity index is 1.67. The number of likely N-dealkylation sites (N-methyl/N-ethyl adjacent to an activating group) is 1. The highest BCUT2D eigenvalue weighted by molar-refractivity contribution is 5.94. The van der Waals surface area contributed by atoms with Gasteiger partial charge in [-0.2, -0.15) is 0 Å². The molecule has 2 aliphatic heterocycles. The number of amides is 1. The normalized spacial score (nSPS) is 26.5. The summed E-state index contributed by atoms with van der Waals surface area (Å²) in [6.45, 7) is 4.62. The Bertz CT molecular complexity index is 563. The Morgan fingerprint density at radius 1 is 1.36 bits per heavy atom. The number of rotatable bonds is 6. The average molecular weight is 346 g/mol. The van der Waals surface area contributed by atoms with Crippen molar-refractivity contribution in [2.75, 3.05) is 53.6 Å². The van der Waals surface area contributed by atoms with Crippen LogP contribution in [0.25, 0.3) is 0 Å². The first kappa shape index (κ1) is 18.4. The third kappa shape index (κ3) is 4.40. The number of benzene rings is 1. The van der Waals surface area contributed by atoms with E-state index < -0.39 is 0 Å². The van der Waals surface area contributed by atoms with Crippen molar-refractivity contribution in [2.24, 2.45) is 5.41 Å². The van der Waals surface area contributed by atoms with E-state index in [0.29, 0.717) is 13.2 Å². The molecule has 1 aromatic carbocycles. The number of carbonyl (C=O) groups is 1. The molecule has 2 heterocycles. The van der Waals surface area contributed by atoms with Crippen molar-refractivity contribution in [3.05, 3.63) is 35.9 Å². The van der Waals surface area contributed by atoms with E-state index >= 15 is 0 Å². The summed E-state index contributed by atoms with van der Waals surface area (Å²) in [5.41, 5.74) is 0.703. The maximum absolute atomic E-state index is 12.9. The highest BCUT2D eigenvalue weighted by Crippen LogP contribution is 2.40. The van der Waals surface area contributed by atoms with E-state index in [1.54, 1.807) is 0 Å². The molecule has 0 bridgehead atoms. The zero-order valence-corrected chi connectivity index (χ0v) is 15.4. The summed E-state index contributed by atoms with van der Waals surface area (Å²) < 4.78 is 12.1. The summed E-state index contributed by atoms with van der Waals surface area (Å²) in [6, 6.07) is 9.57. The predicted molar refractivity (Wildman–Crippen MR) is 97.7 cm³/mol. The quantitative estimate of drug-likeness (QED) is 0.741. The first-order valence-electron chi connectivity index (χ1n) is 9.29. The highest BCUT2D eigenvalue weighted by atomic mass is 16.5. The minimum Gasteiger partial charge on any atom is -0.379 e. The van der Waals surface area contributed by atoms with Crippen molar-refractivity contribution in [3.63, 3.8) is 0 Å². The molecule has 25 heavy (non-hydrogen) atoms. The number of piperidine rings is 1. The van der Waals surface area contributed by atoms with E-state index in [2.05, 4.69) is 19.0 Å². The topological polar surface area (TPSA) is 42.0 Å². The van der Waals surface area contributed by atoms with Gasteiger partial charge in [0.1, 0.15) is 0 Å². The molecule has 2 atom stereocenters. The minimum atomic E-state index is -0.0622. The predicted octanol–water partition coefficient (Wildman–Crippen LogP) is 2.28. The SMILES string of the molecule is CN(C)CCOC[C@]12CCCO[C@H]1CCN(C(=O)c1ccccc1)C2. The second-order valence-corrected chi connectivity index (χ2v) is 7.56. The zero-order valence-electron chi connectivity index (χ0n) is 15.4. The monoisotopic (exact) mass is 346 g/mol. The van der Waals surface area contributed by atoms with E-state index in [-0.39, 0.29) is 17.4 Å². The van der Waals surface area contributed by atoms with Crippen LogP contribution < -0.4 is 0 Å². The number of fused-ring (bicyclic) bond motifs is 1. The fourth-order valence-corrected chi connectivity index (χ4v) is 3.96. The fraction of sp³-hybridized carbons (Fsp3) is 0.650. The first-order chi connectivity index (χ1) is 12.1. The van der Waals surface area contributed by atoms with Gasteiger partial charge in [0.25, 0.3) is 5.91 Å². The Morgan fingerprint density at radius 3 is 2.92 bits per heavy atom. The van der Waals surface area contributed by atoms with Gasteiger partial charge in [-0.15, -0.1) is 0 Å². The minimum absolute atomic E-state index is 0.0622. The molecule has 0 unspecified atom stereocenters. The van der Waals surface area contributed by atoms with Crippen LogP contribution in [0.3, 0.4) is 0 Å². The van der Waals surface area contributed by atoms with Gasteiger partial charge in [-0.3, -0.25) is 4.79 Å². The summed E-state index contributed by atoms with van der Waals surface area (Å²) in [5, 5.41) is 0. The van der Waals surface area contributed by atoms with Gasteiger partial charge in [-0.1, -0.05) is 18.2 Å². The molecule has 3 rings (SSSR count). The number of hydrogen-bond acceptors (Lipinski definition) is 4. The molecule has 1 aromatic rings. The van der Waals surface area contributed by atoms with E-state index in [4.69, 9.17) is 9.47 Å². The van der Waals surface area contributed by atoms with Gasteiger partial charge in [0.05, 0.1) is 19.3 Å². The molecule has 0 saturated carbocycles. The van der Waals surface area contributed by atoms with Crippen molar-refractivity contribution in [1.82, 2.24) is 9.80 Å². The van der Waals surface area contributed by atoms with Gasteiger partial charge in [0.15, 0.2) is 0 Å². The standard InChI is InChI=1S/C20H30N2O3/c1-21(2)12-14-24-16-20-10-6-13-25-18(20)9-11-22(15-20)19(23)17-7-4-3-5-8-17/h3-5,7-8,18H,6,9-16H2,1-2H3/t18-,20+/m0/s1. The van der Waals surface area contributed by atoms with E-state index in [1.807, 2.05) is 35.2 Å². The molecule has 2 aliphatic rings. The summed E-state index contributed by atoms with van der Waals surface area (Å²) in [4.78, 5) is 17.0. The highest BCUT2D eigenvalue weighted by Gasteiger charge is 2.47. The van der Waals surface area contributed by atoms with Crippen LogP contribution in [0.2, 0.25) is 0 Å². The average Bonchev–Trinajstić information content (AvgIpc) is 2.65. The molecule has 2 saturated heterocycles. The van der Waals surface area contributed by atoms with Gasteiger partial charge in [0.2, 0.25) is 0 Å². The lowest BCUT2D eigenvalue weighted by molar-refractivity contribution is -0.147. The second-order valence-electron chi connectivity index (χ2n) is 7.56. The molecular weight excluding hydrogens is 316 g/mol. The molecule has 0 aromatic heterocycles. The summed E-state index contributed by atoms with van der Waals surface area (Å²) >= 11 is 0. The van der Waals surface area contributed by atoms with Crippen molar-refractivity contribution in [2.45, 2.75) is 25.4 Å². The van der Waals surface area contributed by atoms with Gasteiger partial charge >= 0.3 is 0 Å². The Labute approximate surface area is 150 Å². The summed E-state index contributed by atoms with van der Waals surface area (Å²) in [5.74, 6) is 0.122. The third-order valence-electron chi connectivity index (χ3n) is 5.37. The molecule has 2 fully saturated rings. The molecule has 0 radical (unpaired) electrons. The maximum atomic E-state index is 12.9. The fourth-order valence-electron chi connectivity index (χ4n) is 3.96. The van der Waals surface area contributed by atoms with Gasteiger partial charge < -0.3 is 19.3 Å². The number of nitrogens with zero attached hydrogens (tertiary/aromatic N) is 2. The van der Waals surface area contributed by atoms with Crippen LogP contribution in [0.15, 0.2) is 30.3 Å². The lowest BCUT2D eigenvalue weighted by Crippen LogP contribution is -2.58. The first-order valence-corrected chi connectivity index (χ1v) is 9.29. The number of carbonyl (C=O) groups excluding carboxylic acids is 1. The van der Waals surface area contributed by atoms with Gasteiger partial charge in [0, 0.05) is 37.2 Å². The van der Waals surface area contributed by atoms with Crippen LogP contribution in [-0.2, 0) is 9.47 Å². The number of ether oxygens (including phenoxy) is 2. The second kappa shape index (κ2) is 8.30. The molecular formula is C20H30N2O3. The van der Waals surface area contributed by atoms with Crippen molar-refractivity contribution >= 4 is 5.91 Å². The molecule has 1 amide bonds.